The van der Waals surface area contributed by atoms with Gasteiger partial charge in [0.05, 0.1) is 16.9 Å². The number of anilines is 1. The second-order valence-corrected chi connectivity index (χ2v) is 10.1. The Bertz CT molecular complexity index is 1120. The van der Waals surface area contributed by atoms with Gasteiger partial charge in [0.15, 0.2) is 0 Å². The summed E-state index contributed by atoms with van der Waals surface area (Å²) in [4.78, 5) is 41.6. The number of fused-ring (bicyclic) bond motifs is 5. The minimum atomic E-state index is -0.927. The summed E-state index contributed by atoms with van der Waals surface area (Å²) in [5.41, 5.74) is 2.27. The number of nitrogens with zero attached hydrogens (tertiary/aromatic N) is 1. The minimum Gasteiger partial charge on any atom is -0.324 e. The first-order valence-corrected chi connectivity index (χ1v) is 11.9. The lowest BCUT2D eigenvalue weighted by Crippen LogP contribution is -2.49. The van der Waals surface area contributed by atoms with Gasteiger partial charge in [-0.1, -0.05) is 54.1 Å². The summed E-state index contributed by atoms with van der Waals surface area (Å²) in [6.45, 7) is 1.86. The Hall–Kier alpha value is -2.44. The first kappa shape index (κ1) is 21.4. The number of nitrogens with one attached hydrogen (secondary N) is 1. The number of benzene rings is 2. The van der Waals surface area contributed by atoms with Gasteiger partial charge in [0, 0.05) is 16.6 Å². The topological polar surface area (TPSA) is 66.5 Å². The molecular weight excluding hydrogens is 492 g/mol. The fraction of sp³-hybridized carbons (Fsp3) is 0.320. The summed E-state index contributed by atoms with van der Waals surface area (Å²) in [6.07, 6.45) is 5.22. The van der Waals surface area contributed by atoms with Crippen molar-refractivity contribution in [2.24, 2.45) is 23.7 Å². The van der Waals surface area contributed by atoms with Crippen LogP contribution >= 0.6 is 27.5 Å². The SMILES string of the molecule is Cc1cc(Br)c(Cl)cc1NC(=O)[C@@H](Cc1ccccc1)N1C(=O)[C@@H]2[C@@H](C1=O)[C@H]1C=C[C@H]2C1. The average molecular weight is 514 g/mol. The molecule has 32 heavy (non-hydrogen) atoms. The number of hydrogen-bond donors (Lipinski definition) is 1. The van der Waals surface area contributed by atoms with Crippen LogP contribution in [0.2, 0.25) is 5.02 Å². The highest BCUT2D eigenvalue weighted by atomic mass is 79.9. The van der Waals surface area contributed by atoms with Gasteiger partial charge in [-0.2, -0.15) is 0 Å². The number of rotatable bonds is 5. The minimum absolute atomic E-state index is 0.0967. The third-order valence-electron chi connectivity index (χ3n) is 6.92. The van der Waals surface area contributed by atoms with Crippen molar-refractivity contribution in [2.75, 3.05) is 5.32 Å². The van der Waals surface area contributed by atoms with Crippen molar-refractivity contribution in [3.05, 3.63) is 75.2 Å². The Kier molecular flexibility index (Phi) is 5.46. The molecule has 3 aliphatic rings. The van der Waals surface area contributed by atoms with E-state index in [9.17, 15) is 14.4 Å². The summed E-state index contributed by atoms with van der Waals surface area (Å²) >= 11 is 9.62. The van der Waals surface area contributed by atoms with Gasteiger partial charge < -0.3 is 5.32 Å². The molecule has 2 aliphatic carbocycles. The van der Waals surface area contributed by atoms with Gasteiger partial charge in [-0.15, -0.1) is 0 Å². The second kappa shape index (κ2) is 8.16. The van der Waals surface area contributed by atoms with Crippen LogP contribution in [-0.4, -0.2) is 28.7 Å². The van der Waals surface area contributed by atoms with Crippen LogP contribution in [0.15, 0.2) is 59.1 Å². The number of carbonyl (C=O) groups is 3. The van der Waals surface area contributed by atoms with Crippen LogP contribution < -0.4 is 5.32 Å². The van der Waals surface area contributed by atoms with Crippen LogP contribution in [0.1, 0.15) is 17.5 Å². The molecule has 0 spiro atoms. The fourth-order valence-corrected chi connectivity index (χ4v) is 5.99. The predicted octanol–water partition coefficient (Wildman–Crippen LogP) is 4.77. The van der Waals surface area contributed by atoms with Crippen molar-refractivity contribution < 1.29 is 14.4 Å². The number of imide groups is 1. The zero-order chi connectivity index (χ0) is 22.6. The molecule has 1 aliphatic heterocycles. The molecule has 1 saturated heterocycles. The van der Waals surface area contributed by atoms with Crippen molar-refractivity contribution in [1.82, 2.24) is 4.90 Å². The van der Waals surface area contributed by atoms with E-state index < -0.39 is 11.9 Å². The smallest absolute Gasteiger partial charge is 0.248 e. The van der Waals surface area contributed by atoms with Crippen molar-refractivity contribution in [3.63, 3.8) is 0 Å². The molecule has 5 nitrogen and oxygen atoms in total. The Labute approximate surface area is 199 Å². The first-order valence-electron chi connectivity index (χ1n) is 10.7. The molecule has 2 aromatic rings. The van der Waals surface area contributed by atoms with Gasteiger partial charge in [-0.05, 0) is 64.4 Å². The van der Waals surface area contributed by atoms with Crippen LogP contribution in [0.5, 0.6) is 0 Å². The Morgan fingerprint density at radius 1 is 1.12 bits per heavy atom. The fourth-order valence-electron chi connectivity index (χ4n) is 5.37. The van der Waals surface area contributed by atoms with Gasteiger partial charge in [0.25, 0.3) is 0 Å². The number of hydrogen-bond acceptors (Lipinski definition) is 3. The van der Waals surface area contributed by atoms with E-state index in [2.05, 4.69) is 33.4 Å². The standard InChI is InChI=1S/C25H22BrClN2O3/c1-13-9-17(26)18(27)12-19(13)28-23(30)20(10-14-5-3-2-4-6-14)29-24(31)21-15-7-8-16(11-15)22(21)25(29)32/h2-9,12,15-16,20-22H,10-11H2,1H3,(H,28,30)/t15-,16-,20+,21-,22-/m0/s1. The van der Waals surface area contributed by atoms with E-state index >= 15 is 0 Å². The van der Waals surface area contributed by atoms with E-state index in [1.54, 1.807) is 6.07 Å². The quantitative estimate of drug-likeness (QED) is 0.463. The van der Waals surface area contributed by atoms with E-state index in [1.165, 1.54) is 4.90 Å². The summed E-state index contributed by atoms with van der Waals surface area (Å²) in [5, 5.41) is 3.38. The van der Waals surface area contributed by atoms with Gasteiger partial charge in [-0.3, -0.25) is 19.3 Å². The van der Waals surface area contributed by atoms with Gasteiger partial charge >= 0.3 is 0 Å². The maximum atomic E-state index is 13.5. The van der Waals surface area contributed by atoms with Crippen molar-refractivity contribution in [1.29, 1.82) is 0 Å². The predicted molar refractivity (Wildman–Crippen MR) is 126 cm³/mol. The van der Waals surface area contributed by atoms with Gasteiger partial charge in [0.2, 0.25) is 17.7 Å². The number of allylic oxidation sites excluding steroid dienone is 2. The monoisotopic (exact) mass is 512 g/mol. The molecule has 2 aromatic carbocycles. The summed E-state index contributed by atoms with van der Waals surface area (Å²) in [7, 11) is 0. The van der Waals surface area contributed by atoms with Crippen molar-refractivity contribution in [3.8, 4) is 0 Å². The molecule has 0 radical (unpaired) electrons. The first-order chi connectivity index (χ1) is 15.3. The highest BCUT2D eigenvalue weighted by Crippen LogP contribution is 2.53. The van der Waals surface area contributed by atoms with Crippen LogP contribution in [-0.2, 0) is 20.8 Å². The highest BCUT2D eigenvalue weighted by Gasteiger charge is 2.61. The number of aryl methyl sites for hydroxylation is 1. The summed E-state index contributed by atoms with van der Waals surface area (Å²) < 4.78 is 0.733. The van der Waals surface area contributed by atoms with Crippen LogP contribution in [0.3, 0.4) is 0 Å². The van der Waals surface area contributed by atoms with E-state index in [0.717, 1.165) is 22.0 Å². The molecule has 1 heterocycles. The van der Waals surface area contributed by atoms with Crippen LogP contribution in [0.25, 0.3) is 0 Å². The molecule has 5 atom stereocenters. The van der Waals surface area contributed by atoms with Gasteiger partial charge in [-0.25, -0.2) is 0 Å². The molecule has 164 valence electrons. The van der Waals surface area contributed by atoms with E-state index in [0.29, 0.717) is 10.7 Å². The second-order valence-electron chi connectivity index (χ2n) is 8.82. The summed E-state index contributed by atoms with van der Waals surface area (Å²) in [5.74, 6) is -1.33. The van der Waals surface area contributed by atoms with Crippen molar-refractivity contribution in [2.45, 2.75) is 25.8 Å². The molecular formula is C25H22BrClN2O3. The molecule has 2 bridgehead atoms. The van der Waals surface area contributed by atoms with E-state index in [-0.39, 0.29) is 41.9 Å². The number of halogens is 2. The molecule has 3 amide bonds. The summed E-state index contributed by atoms with van der Waals surface area (Å²) in [6, 6.07) is 12.0. The van der Waals surface area contributed by atoms with E-state index in [1.807, 2.05) is 43.3 Å². The molecule has 2 fully saturated rings. The molecule has 0 aromatic heterocycles. The maximum Gasteiger partial charge on any atom is 0.248 e. The van der Waals surface area contributed by atoms with Gasteiger partial charge in [0.1, 0.15) is 6.04 Å². The molecule has 0 unspecified atom stereocenters. The number of likely N-dealkylation sites (tertiary alicyclic amines) is 1. The molecule has 5 rings (SSSR count). The number of amides is 3. The zero-order valence-corrected chi connectivity index (χ0v) is 19.8. The molecule has 7 heteroatoms. The average Bonchev–Trinajstić information content (AvgIpc) is 3.45. The van der Waals surface area contributed by atoms with E-state index in [4.69, 9.17) is 11.6 Å². The lowest BCUT2D eigenvalue weighted by atomic mass is 9.85. The molecule has 1 saturated carbocycles. The Morgan fingerprint density at radius 3 is 2.38 bits per heavy atom. The lowest BCUT2D eigenvalue weighted by molar-refractivity contribution is -0.147. The normalized spacial score (nSPS) is 26.5. The van der Waals surface area contributed by atoms with Crippen LogP contribution in [0, 0.1) is 30.6 Å². The highest BCUT2D eigenvalue weighted by molar-refractivity contribution is 9.10. The Balaban J connectivity index is 1.47. The van der Waals surface area contributed by atoms with Crippen molar-refractivity contribution >= 4 is 50.9 Å². The molecule has 1 N–H and O–H groups in total. The lowest BCUT2D eigenvalue weighted by Gasteiger charge is -2.27. The maximum absolute atomic E-state index is 13.5. The van der Waals surface area contributed by atoms with Crippen LogP contribution in [0.4, 0.5) is 5.69 Å². The Morgan fingerprint density at radius 2 is 1.75 bits per heavy atom. The third-order valence-corrected chi connectivity index (χ3v) is 8.11. The zero-order valence-electron chi connectivity index (χ0n) is 17.4. The third kappa shape index (κ3) is 3.50. The number of carbonyl (C=O) groups excluding carboxylic acids is 3. The largest absolute Gasteiger partial charge is 0.324 e.